The van der Waals surface area contributed by atoms with E-state index in [-0.39, 0.29) is 12.2 Å². The fourth-order valence-corrected chi connectivity index (χ4v) is 2.29. The van der Waals surface area contributed by atoms with E-state index in [4.69, 9.17) is 4.74 Å². The minimum Gasteiger partial charge on any atom is -0.372 e. The van der Waals surface area contributed by atoms with Crippen molar-refractivity contribution in [2.45, 2.75) is 32.6 Å². The average molecular weight is 235 g/mol. The van der Waals surface area contributed by atoms with E-state index in [1.54, 1.807) is 0 Å². The Bertz CT molecular complexity index is 359. The van der Waals surface area contributed by atoms with Crippen LogP contribution in [0.2, 0.25) is 0 Å². The predicted molar refractivity (Wildman–Crippen MR) is 69.2 cm³/mol. The zero-order chi connectivity index (χ0) is 12.3. The summed E-state index contributed by atoms with van der Waals surface area (Å²) in [6, 6.07) is 6.19. The molecule has 94 valence electrons. The molecule has 2 rings (SSSR count). The van der Waals surface area contributed by atoms with Gasteiger partial charge in [-0.3, -0.25) is 0 Å². The van der Waals surface area contributed by atoms with Crippen LogP contribution in [-0.4, -0.2) is 37.3 Å². The largest absolute Gasteiger partial charge is 0.372 e. The first-order valence-electron chi connectivity index (χ1n) is 6.20. The van der Waals surface area contributed by atoms with Crippen LogP contribution < -0.4 is 10.2 Å². The van der Waals surface area contributed by atoms with Gasteiger partial charge in [0.25, 0.3) is 0 Å². The number of nitrogens with one attached hydrogen (secondary N) is 1. The van der Waals surface area contributed by atoms with Crippen molar-refractivity contribution in [1.82, 2.24) is 10.3 Å². The maximum atomic E-state index is 5.73. The summed E-state index contributed by atoms with van der Waals surface area (Å²) in [6.07, 6.45) is 0.544. The quantitative estimate of drug-likeness (QED) is 0.859. The van der Waals surface area contributed by atoms with Crippen molar-refractivity contribution in [3.05, 3.63) is 23.9 Å². The topological polar surface area (TPSA) is 37.4 Å². The summed E-state index contributed by atoms with van der Waals surface area (Å²) < 4.78 is 5.73. The van der Waals surface area contributed by atoms with Crippen molar-refractivity contribution in [2.75, 3.05) is 25.0 Å². The molecule has 1 fully saturated rings. The normalized spacial score (nSPS) is 25.0. The van der Waals surface area contributed by atoms with E-state index in [1.165, 1.54) is 0 Å². The zero-order valence-electron chi connectivity index (χ0n) is 10.8. The molecule has 1 aliphatic heterocycles. The van der Waals surface area contributed by atoms with Gasteiger partial charge in [-0.25, -0.2) is 4.98 Å². The van der Waals surface area contributed by atoms with Gasteiger partial charge in [-0.1, -0.05) is 6.07 Å². The molecule has 0 spiro atoms. The monoisotopic (exact) mass is 235 g/mol. The Labute approximate surface area is 103 Å². The van der Waals surface area contributed by atoms with Crippen molar-refractivity contribution >= 4 is 5.82 Å². The van der Waals surface area contributed by atoms with Gasteiger partial charge in [0.05, 0.1) is 17.9 Å². The van der Waals surface area contributed by atoms with Gasteiger partial charge in [0, 0.05) is 19.6 Å². The van der Waals surface area contributed by atoms with E-state index < -0.39 is 0 Å². The summed E-state index contributed by atoms with van der Waals surface area (Å²) in [5.41, 5.74) is 1.08. The van der Waals surface area contributed by atoms with Gasteiger partial charge in [-0.15, -0.1) is 0 Å². The van der Waals surface area contributed by atoms with Crippen LogP contribution in [0, 0.1) is 0 Å². The maximum absolute atomic E-state index is 5.73. The van der Waals surface area contributed by atoms with E-state index in [0.29, 0.717) is 0 Å². The standard InChI is InChI=1S/C13H21N3O/c1-10-8-16(9-11(2)17-10)13-6-4-5-12(15-13)7-14-3/h4-6,10-11,14H,7-9H2,1-3H3. The smallest absolute Gasteiger partial charge is 0.129 e. The van der Waals surface area contributed by atoms with Crippen LogP contribution in [-0.2, 0) is 11.3 Å². The molecule has 4 heteroatoms. The summed E-state index contributed by atoms with van der Waals surface area (Å²) in [7, 11) is 1.94. The second-order valence-electron chi connectivity index (χ2n) is 4.68. The van der Waals surface area contributed by atoms with Crippen molar-refractivity contribution in [1.29, 1.82) is 0 Å². The molecule has 1 N–H and O–H groups in total. The molecular weight excluding hydrogens is 214 g/mol. The summed E-state index contributed by atoms with van der Waals surface area (Å²) in [4.78, 5) is 6.97. The third-order valence-electron chi connectivity index (χ3n) is 2.89. The highest BCUT2D eigenvalue weighted by Gasteiger charge is 2.22. The van der Waals surface area contributed by atoms with Gasteiger partial charge in [0.2, 0.25) is 0 Å². The van der Waals surface area contributed by atoms with Crippen LogP contribution >= 0.6 is 0 Å². The number of hydrogen-bond donors (Lipinski definition) is 1. The molecule has 2 atom stereocenters. The molecule has 0 bridgehead atoms. The lowest BCUT2D eigenvalue weighted by atomic mass is 10.2. The van der Waals surface area contributed by atoms with Crippen LogP contribution in [0.5, 0.6) is 0 Å². The lowest BCUT2D eigenvalue weighted by molar-refractivity contribution is -0.00546. The molecule has 0 aliphatic carbocycles. The van der Waals surface area contributed by atoms with Gasteiger partial charge in [-0.2, -0.15) is 0 Å². The first kappa shape index (κ1) is 12.3. The van der Waals surface area contributed by atoms with Gasteiger partial charge in [0.1, 0.15) is 5.82 Å². The lowest BCUT2D eigenvalue weighted by Gasteiger charge is -2.36. The van der Waals surface area contributed by atoms with E-state index in [1.807, 2.05) is 13.1 Å². The molecule has 1 aromatic heterocycles. The molecule has 1 aromatic rings. The molecule has 2 unspecified atom stereocenters. The number of ether oxygens (including phenoxy) is 1. The predicted octanol–water partition coefficient (Wildman–Crippen LogP) is 1.41. The molecule has 0 aromatic carbocycles. The molecule has 0 saturated carbocycles. The van der Waals surface area contributed by atoms with Crippen LogP contribution in [0.15, 0.2) is 18.2 Å². The third-order valence-corrected chi connectivity index (χ3v) is 2.89. The summed E-state index contributed by atoms with van der Waals surface area (Å²) in [6.45, 7) is 6.87. The SMILES string of the molecule is CNCc1cccc(N2CC(C)OC(C)C2)n1. The Morgan fingerprint density at radius 1 is 1.35 bits per heavy atom. The molecule has 1 saturated heterocycles. The van der Waals surface area contributed by atoms with Gasteiger partial charge in [-0.05, 0) is 33.0 Å². The fraction of sp³-hybridized carbons (Fsp3) is 0.615. The molecule has 17 heavy (non-hydrogen) atoms. The summed E-state index contributed by atoms with van der Waals surface area (Å²) in [5.74, 6) is 1.06. The minimum atomic E-state index is 0.272. The number of morpholine rings is 1. The molecule has 4 nitrogen and oxygen atoms in total. The van der Waals surface area contributed by atoms with Crippen molar-refractivity contribution in [3.8, 4) is 0 Å². The van der Waals surface area contributed by atoms with Gasteiger partial charge < -0.3 is 15.0 Å². The second-order valence-corrected chi connectivity index (χ2v) is 4.68. The van der Waals surface area contributed by atoms with Crippen molar-refractivity contribution < 1.29 is 4.74 Å². The number of hydrogen-bond acceptors (Lipinski definition) is 4. The van der Waals surface area contributed by atoms with Crippen LogP contribution in [0.4, 0.5) is 5.82 Å². The first-order chi connectivity index (χ1) is 8.19. The highest BCUT2D eigenvalue weighted by molar-refractivity contribution is 5.40. The van der Waals surface area contributed by atoms with E-state index in [9.17, 15) is 0 Å². The van der Waals surface area contributed by atoms with Gasteiger partial charge >= 0.3 is 0 Å². The number of anilines is 1. The Balaban J connectivity index is 2.12. The van der Waals surface area contributed by atoms with Crippen molar-refractivity contribution in [2.24, 2.45) is 0 Å². The number of aromatic nitrogens is 1. The zero-order valence-corrected chi connectivity index (χ0v) is 10.8. The average Bonchev–Trinajstić information content (AvgIpc) is 2.28. The molecule has 2 heterocycles. The Hall–Kier alpha value is -1.13. The maximum Gasteiger partial charge on any atom is 0.129 e. The van der Waals surface area contributed by atoms with Crippen LogP contribution in [0.3, 0.4) is 0 Å². The molecule has 1 aliphatic rings. The Kier molecular flexibility index (Phi) is 3.97. The minimum absolute atomic E-state index is 0.272. The lowest BCUT2D eigenvalue weighted by Crippen LogP contribution is -2.45. The highest BCUT2D eigenvalue weighted by Crippen LogP contribution is 2.18. The molecule has 0 amide bonds. The second kappa shape index (κ2) is 5.47. The van der Waals surface area contributed by atoms with Crippen LogP contribution in [0.25, 0.3) is 0 Å². The first-order valence-corrected chi connectivity index (χ1v) is 6.20. The summed E-state index contributed by atoms with van der Waals surface area (Å²) in [5, 5.41) is 3.13. The van der Waals surface area contributed by atoms with Gasteiger partial charge in [0.15, 0.2) is 0 Å². The van der Waals surface area contributed by atoms with E-state index in [0.717, 1.165) is 31.1 Å². The fourth-order valence-electron chi connectivity index (χ4n) is 2.29. The van der Waals surface area contributed by atoms with E-state index >= 15 is 0 Å². The number of nitrogens with zero attached hydrogens (tertiary/aromatic N) is 2. The Morgan fingerprint density at radius 3 is 2.71 bits per heavy atom. The van der Waals surface area contributed by atoms with Crippen molar-refractivity contribution in [3.63, 3.8) is 0 Å². The molecule has 0 radical (unpaired) electrons. The third kappa shape index (κ3) is 3.17. The van der Waals surface area contributed by atoms with Crippen LogP contribution in [0.1, 0.15) is 19.5 Å². The summed E-state index contributed by atoms with van der Waals surface area (Å²) >= 11 is 0. The highest BCUT2D eigenvalue weighted by atomic mass is 16.5. The van der Waals surface area contributed by atoms with E-state index in [2.05, 4.69) is 41.2 Å². The molecular formula is C13H21N3O. The Morgan fingerprint density at radius 2 is 2.06 bits per heavy atom. The number of pyridine rings is 1. The number of rotatable bonds is 3.